The van der Waals surface area contributed by atoms with Crippen LogP contribution in [-0.2, 0) is 9.59 Å². The average molecular weight is 358 g/mol. The number of aromatic hydroxyl groups is 1. The molecule has 0 aliphatic carbocycles. The van der Waals surface area contributed by atoms with Crippen LogP contribution in [0.3, 0.4) is 0 Å². The number of rotatable bonds is 4. The minimum Gasteiger partial charge on any atom is -0.507 e. The molecule has 25 heavy (non-hydrogen) atoms. The Bertz CT molecular complexity index is 821. The van der Waals surface area contributed by atoms with Crippen molar-refractivity contribution in [2.24, 2.45) is 11.0 Å². The standard InChI is InChI=1S/C18H16ClN3O3/c19-14-5-7-15(8-6-14)22-11-13(9-17(22)24)18(25)21-20-10-12-3-1-2-4-16(12)23/h1-8,10,13,23H,9,11H2,(H,21,25)/b20-10-/t13-/m1/s1. The van der Waals surface area contributed by atoms with Crippen molar-refractivity contribution in [3.8, 4) is 5.75 Å². The van der Waals surface area contributed by atoms with Crippen LogP contribution in [0.4, 0.5) is 5.69 Å². The molecule has 0 radical (unpaired) electrons. The largest absolute Gasteiger partial charge is 0.507 e. The zero-order chi connectivity index (χ0) is 17.8. The summed E-state index contributed by atoms with van der Waals surface area (Å²) in [5, 5.41) is 14.1. The first-order chi connectivity index (χ1) is 12.0. The van der Waals surface area contributed by atoms with Crippen molar-refractivity contribution in [2.75, 3.05) is 11.4 Å². The molecule has 2 aromatic rings. The number of hydrogen-bond acceptors (Lipinski definition) is 4. The van der Waals surface area contributed by atoms with Crippen molar-refractivity contribution in [1.82, 2.24) is 5.43 Å². The number of phenols is 1. The Labute approximate surface area is 149 Å². The van der Waals surface area contributed by atoms with Crippen LogP contribution in [0.25, 0.3) is 0 Å². The number of para-hydroxylation sites is 1. The summed E-state index contributed by atoms with van der Waals surface area (Å²) in [5.41, 5.74) is 3.63. The summed E-state index contributed by atoms with van der Waals surface area (Å²) < 4.78 is 0. The molecular formula is C18H16ClN3O3. The smallest absolute Gasteiger partial charge is 0.245 e. The number of anilines is 1. The molecule has 0 unspecified atom stereocenters. The maximum absolute atomic E-state index is 12.2. The number of nitrogens with zero attached hydrogens (tertiary/aromatic N) is 2. The van der Waals surface area contributed by atoms with Gasteiger partial charge in [0.25, 0.3) is 0 Å². The van der Waals surface area contributed by atoms with Gasteiger partial charge in [-0.3, -0.25) is 9.59 Å². The number of phenolic OH excluding ortho intramolecular Hbond substituents is 1. The van der Waals surface area contributed by atoms with E-state index in [9.17, 15) is 14.7 Å². The molecule has 3 rings (SSSR count). The Kier molecular flexibility index (Phi) is 5.00. The number of halogens is 1. The SMILES string of the molecule is O=C(N/N=C\c1ccccc1O)[C@@H]1CC(=O)N(c2ccc(Cl)cc2)C1. The van der Waals surface area contributed by atoms with Gasteiger partial charge in [0.15, 0.2) is 0 Å². The van der Waals surface area contributed by atoms with Crippen molar-refractivity contribution >= 4 is 35.3 Å². The van der Waals surface area contributed by atoms with Gasteiger partial charge >= 0.3 is 0 Å². The topological polar surface area (TPSA) is 82.0 Å². The third kappa shape index (κ3) is 3.97. The maximum atomic E-state index is 12.2. The quantitative estimate of drug-likeness (QED) is 0.651. The molecule has 1 saturated heterocycles. The lowest BCUT2D eigenvalue weighted by Gasteiger charge is -2.16. The van der Waals surface area contributed by atoms with Gasteiger partial charge in [0.1, 0.15) is 5.75 Å². The zero-order valence-electron chi connectivity index (χ0n) is 13.2. The molecule has 1 aliphatic heterocycles. The summed E-state index contributed by atoms with van der Waals surface area (Å²) >= 11 is 5.85. The number of hydrogen-bond donors (Lipinski definition) is 2. The molecule has 1 fully saturated rings. The number of carbonyl (C=O) groups excluding carboxylic acids is 2. The molecule has 1 heterocycles. The Hall–Kier alpha value is -2.86. The van der Waals surface area contributed by atoms with Crippen LogP contribution in [0.5, 0.6) is 5.75 Å². The van der Waals surface area contributed by atoms with Crippen molar-refractivity contribution in [3.05, 3.63) is 59.1 Å². The molecule has 1 aliphatic rings. The second-order valence-electron chi connectivity index (χ2n) is 5.67. The van der Waals surface area contributed by atoms with Crippen molar-refractivity contribution in [2.45, 2.75) is 6.42 Å². The van der Waals surface area contributed by atoms with E-state index < -0.39 is 5.92 Å². The van der Waals surface area contributed by atoms with Gasteiger partial charge in [0.2, 0.25) is 11.8 Å². The minimum absolute atomic E-state index is 0.0745. The first kappa shape index (κ1) is 17.0. The summed E-state index contributed by atoms with van der Waals surface area (Å²) in [5.74, 6) is -0.862. The van der Waals surface area contributed by atoms with Crippen LogP contribution in [0.2, 0.25) is 5.02 Å². The molecule has 128 valence electrons. The molecule has 0 bridgehead atoms. The molecule has 2 amide bonds. The second-order valence-corrected chi connectivity index (χ2v) is 6.11. The van der Waals surface area contributed by atoms with E-state index in [1.807, 2.05) is 0 Å². The van der Waals surface area contributed by atoms with E-state index >= 15 is 0 Å². The highest BCUT2D eigenvalue weighted by Gasteiger charge is 2.35. The lowest BCUT2D eigenvalue weighted by Crippen LogP contribution is -2.30. The minimum atomic E-state index is -0.482. The van der Waals surface area contributed by atoms with E-state index in [0.717, 1.165) is 0 Å². The Balaban J connectivity index is 1.61. The second kappa shape index (κ2) is 7.36. The van der Waals surface area contributed by atoms with E-state index in [0.29, 0.717) is 22.8 Å². The summed E-state index contributed by atoms with van der Waals surface area (Å²) in [6.07, 6.45) is 1.49. The van der Waals surface area contributed by atoms with Crippen LogP contribution in [0.15, 0.2) is 53.6 Å². The van der Waals surface area contributed by atoms with Gasteiger partial charge in [-0.25, -0.2) is 5.43 Å². The number of carbonyl (C=O) groups is 2. The van der Waals surface area contributed by atoms with Gasteiger partial charge in [-0.05, 0) is 36.4 Å². The summed E-state index contributed by atoms with van der Waals surface area (Å²) in [7, 11) is 0. The highest BCUT2D eigenvalue weighted by Crippen LogP contribution is 2.26. The molecule has 0 spiro atoms. The van der Waals surface area contributed by atoms with Gasteiger partial charge in [0, 0.05) is 29.2 Å². The summed E-state index contributed by atoms with van der Waals surface area (Å²) in [4.78, 5) is 25.9. The molecular weight excluding hydrogens is 342 g/mol. The maximum Gasteiger partial charge on any atom is 0.245 e. The summed E-state index contributed by atoms with van der Waals surface area (Å²) in [6, 6.07) is 13.6. The third-order valence-corrected chi connectivity index (χ3v) is 4.20. The average Bonchev–Trinajstić information content (AvgIpc) is 2.99. The van der Waals surface area contributed by atoms with Gasteiger partial charge < -0.3 is 10.0 Å². The number of amides is 2. The fourth-order valence-electron chi connectivity index (χ4n) is 2.61. The zero-order valence-corrected chi connectivity index (χ0v) is 14.0. The Morgan fingerprint density at radius 1 is 1.24 bits per heavy atom. The predicted molar refractivity (Wildman–Crippen MR) is 95.8 cm³/mol. The fourth-order valence-corrected chi connectivity index (χ4v) is 2.73. The highest BCUT2D eigenvalue weighted by atomic mass is 35.5. The molecule has 2 N–H and O–H groups in total. The lowest BCUT2D eigenvalue weighted by molar-refractivity contribution is -0.126. The van der Waals surface area contributed by atoms with E-state index in [-0.39, 0.29) is 24.0 Å². The predicted octanol–water partition coefficient (Wildman–Crippen LogP) is 2.55. The van der Waals surface area contributed by atoms with Crippen molar-refractivity contribution in [3.63, 3.8) is 0 Å². The molecule has 1 atom stereocenters. The highest BCUT2D eigenvalue weighted by molar-refractivity contribution is 6.30. The first-order valence-electron chi connectivity index (χ1n) is 7.71. The Morgan fingerprint density at radius 3 is 2.68 bits per heavy atom. The lowest BCUT2D eigenvalue weighted by atomic mass is 10.1. The third-order valence-electron chi connectivity index (χ3n) is 3.95. The van der Waals surface area contributed by atoms with Crippen molar-refractivity contribution < 1.29 is 14.7 Å². The van der Waals surface area contributed by atoms with Gasteiger partial charge in [-0.15, -0.1) is 0 Å². The molecule has 0 aromatic heterocycles. The molecule has 6 nitrogen and oxygen atoms in total. The van der Waals surface area contributed by atoms with E-state index in [2.05, 4.69) is 10.5 Å². The van der Waals surface area contributed by atoms with E-state index in [1.165, 1.54) is 12.3 Å². The van der Waals surface area contributed by atoms with Gasteiger partial charge in [-0.1, -0.05) is 23.7 Å². The van der Waals surface area contributed by atoms with Crippen LogP contribution in [-0.4, -0.2) is 29.7 Å². The number of hydrazone groups is 1. The summed E-state index contributed by atoms with van der Waals surface area (Å²) in [6.45, 7) is 0.290. The molecule has 7 heteroatoms. The van der Waals surface area contributed by atoms with E-state index in [1.54, 1.807) is 47.4 Å². The Morgan fingerprint density at radius 2 is 1.96 bits per heavy atom. The van der Waals surface area contributed by atoms with Crippen LogP contribution >= 0.6 is 11.6 Å². The molecule has 2 aromatic carbocycles. The number of benzene rings is 2. The van der Waals surface area contributed by atoms with Crippen LogP contribution < -0.4 is 10.3 Å². The van der Waals surface area contributed by atoms with Crippen molar-refractivity contribution in [1.29, 1.82) is 0 Å². The fraction of sp³-hybridized carbons (Fsp3) is 0.167. The van der Waals surface area contributed by atoms with Gasteiger partial charge in [-0.2, -0.15) is 5.10 Å². The molecule has 0 saturated carbocycles. The number of nitrogens with one attached hydrogen (secondary N) is 1. The van der Waals surface area contributed by atoms with E-state index in [4.69, 9.17) is 11.6 Å². The van der Waals surface area contributed by atoms with Crippen LogP contribution in [0, 0.1) is 5.92 Å². The van der Waals surface area contributed by atoms with Gasteiger partial charge in [0.05, 0.1) is 12.1 Å². The normalized spacial score (nSPS) is 17.2. The monoisotopic (exact) mass is 357 g/mol. The first-order valence-corrected chi connectivity index (χ1v) is 8.09. The van der Waals surface area contributed by atoms with Crippen LogP contribution in [0.1, 0.15) is 12.0 Å².